The van der Waals surface area contributed by atoms with Gasteiger partial charge in [0.2, 0.25) is 0 Å². The first kappa shape index (κ1) is 14.3. The van der Waals surface area contributed by atoms with E-state index in [2.05, 4.69) is 30.2 Å². The highest BCUT2D eigenvalue weighted by molar-refractivity contribution is 5.93. The van der Waals surface area contributed by atoms with Crippen molar-refractivity contribution in [1.82, 2.24) is 4.98 Å². The second-order valence-corrected chi connectivity index (χ2v) is 5.07. The third-order valence-corrected chi connectivity index (χ3v) is 2.90. The molecule has 0 aliphatic carbocycles. The van der Waals surface area contributed by atoms with Crippen molar-refractivity contribution in [3.05, 3.63) is 36.0 Å². The summed E-state index contributed by atoms with van der Waals surface area (Å²) in [6, 6.07) is 9.99. The van der Waals surface area contributed by atoms with Gasteiger partial charge in [-0.1, -0.05) is 32.0 Å². The predicted octanol–water partition coefficient (Wildman–Crippen LogP) is 3.19. The third kappa shape index (κ3) is 3.46. The van der Waals surface area contributed by atoms with Gasteiger partial charge in [0.15, 0.2) is 0 Å². The number of rotatable bonds is 6. The van der Waals surface area contributed by atoms with E-state index in [1.165, 1.54) is 0 Å². The second-order valence-electron chi connectivity index (χ2n) is 5.07. The van der Waals surface area contributed by atoms with Gasteiger partial charge in [-0.3, -0.25) is 4.98 Å². The Labute approximate surface area is 119 Å². The molecule has 0 spiro atoms. The number of anilines is 1. The lowest BCUT2D eigenvalue weighted by Gasteiger charge is -2.12. The van der Waals surface area contributed by atoms with E-state index in [0.29, 0.717) is 24.6 Å². The molecule has 104 valence electrons. The van der Waals surface area contributed by atoms with Gasteiger partial charge in [-0.15, -0.1) is 0 Å². The summed E-state index contributed by atoms with van der Waals surface area (Å²) in [5, 5.41) is 13.5. The smallest absolute Gasteiger partial charge is 0.103 e. The molecule has 0 bridgehead atoms. The lowest BCUT2D eigenvalue weighted by Crippen LogP contribution is -2.13. The molecule has 0 unspecified atom stereocenters. The van der Waals surface area contributed by atoms with E-state index in [-0.39, 0.29) is 0 Å². The molecule has 1 N–H and O–H groups in total. The number of pyridine rings is 1. The molecule has 4 heteroatoms. The lowest BCUT2D eigenvalue weighted by atomic mass is 10.1. The van der Waals surface area contributed by atoms with Crippen LogP contribution in [0.4, 0.5) is 5.69 Å². The molecule has 4 nitrogen and oxygen atoms in total. The minimum atomic E-state index is 0.534. The molecule has 2 aromatic rings. The Balaban J connectivity index is 2.10. The minimum Gasteiger partial charge on any atom is -0.381 e. The normalized spacial score (nSPS) is 10.7. The van der Waals surface area contributed by atoms with Crippen LogP contribution >= 0.6 is 0 Å². The van der Waals surface area contributed by atoms with Gasteiger partial charge in [-0.25, -0.2) is 0 Å². The molecule has 0 fully saturated rings. The second kappa shape index (κ2) is 6.88. The summed E-state index contributed by atoms with van der Waals surface area (Å²) < 4.78 is 5.54. The van der Waals surface area contributed by atoms with Gasteiger partial charge in [0.1, 0.15) is 6.07 Å². The SMILES string of the molecule is CC(C)COCCNc1c(C#N)cnc2ccccc12. The summed E-state index contributed by atoms with van der Waals surface area (Å²) in [6.07, 6.45) is 1.61. The van der Waals surface area contributed by atoms with Crippen molar-refractivity contribution < 1.29 is 4.74 Å². The first-order chi connectivity index (χ1) is 9.72. The Morgan fingerprint density at radius 2 is 2.15 bits per heavy atom. The van der Waals surface area contributed by atoms with E-state index in [1.807, 2.05) is 24.3 Å². The van der Waals surface area contributed by atoms with Crippen molar-refractivity contribution in [2.75, 3.05) is 25.1 Å². The Bertz CT molecular complexity index is 617. The number of ether oxygens (including phenoxy) is 1. The van der Waals surface area contributed by atoms with Crippen molar-refractivity contribution in [3.63, 3.8) is 0 Å². The number of nitriles is 1. The van der Waals surface area contributed by atoms with Gasteiger partial charge in [0, 0.05) is 24.7 Å². The van der Waals surface area contributed by atoms with E-state index in [4.69, 9.17) is 4.74 Å². The molecule has 0 aliphatic rings. The highest BCUT2D eigenvalue weighted by Crippen LogP contribution is 2.24. The van der Waals surface area contributed by atoms with Gasteiger partial charge >= 0.3 is 0 Å². The molecule has 0 amide bonds. The molecule has 0 saturated heterocycles. The van der Waals surface area contributed by atoms with Gasteiger partial charge in [-0.2, -0.15) is 5.26 Å². The van der Waals surface area contributed by atoms with Crippen LogP contribution in [-0.4, -0.2) is 24.7 Å². The molecular weight excluding hydrogens is 250 g/mol. The number of nitrogens with zero attached hydrogens (tertiary/aromatic N) is 2. The Kier molecular flexibility index (Phi) is 4.91. The zero-order valence-electron chi connectivity index (χ0n) is 11.9. The van der Waals surface area contributed by atoms with Gasteiger partial charge in [0.05, 0.1) is 23.4 Å². The van der Waals surface area contributed by atoms with Crippen LogP contribution in [0.1, 0.15) is 19.4 Å². The van der Waals surface area contributed by atoms with Crippen LogP contribution < -0.4 is 5.32 Å². The summed E-state index contributed by atoms with van der Waals surface area (Å²) in [7, 11) is 0. The van der Waals surface area contributed by atoms with Crippen molar-refractivity contribution in [2.24, 2.45) is 5.92 Å². The fourth-order valence-electron chi connectivity index (χ4n) is 1.98. The van der Waals surface area contributed by atoms with Crippen LogP contribution in [0.3, 0.4) is 0 Å². The largest absolute Gasteiger partial charge is 0.381 e. The van der Waals surface area contributed by atoms with Crippen LogP contribution in [0.25, 0.3) is 10.9 Å². The fourth-order valence-corrected chi connectivity index (χ4v) is 1.98. The third-order valence-electron chi connectivity index (χ3n) is 2.90. The highest BCUT2D eigenvalue weighted by atomic mass is 16.5. The van der Waals surface area contributed by atoms with E-state index in [9.17, 15) is 5.26 Å². The van der Waals surface area contributed by atoms with Crippen LogP contribution in [0.15, 0.2) is 30.5 Å². The van der Waals surface area contributed by atoms with Crippen molar-refractivity contribution in [3.8, 4) is 6.07 Å². The lowest BCUT2D eigenvalue weighted by molar-refractivity contribution is 0.118. The maximum atomic E-state index is 9.19. The van der Waals surface area contributed by atoms with Crippen LogP contribution in [0, 0.1) is 17.2 Å². The zero-order chi connectivity index (χ0) is 14.4. The number of hydrogen-bond acceptors (Lipinski definition) is 4. The number of nitrogens with one attached hydrogen (secondary N) is 1. The van der Waals surface area contributed by atoms with E-state index >= 15 is 0 Å². The molecule has 1 aromatic carbocycles. The number of hydrogen-bond donors (Lipinski definition) is 1. The number of fused-ring (bicyclic) bond motifs is 1. The zero-order valence-corrected chi connectivity index (χ0v) is 11.9. The quantitative estimate of drug-likeness (QED) is 0.818. The number of aromatic nitrogens is 1. The van der Waals surface area contributed by atoms with Crippen LogP contribution in [0.5, 0.6) is 0 Å². The highest BCUT2D eigenvalue weighted by Gasteiger charge is 2.07. The molecule has 0 atom stereocenters. The van der Waals surface area contributed by atoms with Crippen LogP contribution in [-0.2, 0) is 4.74 Å². The van der Waals surface area contributed by atoms with E-state index in [0.717, 1.165) is 23.2 Å². The summed E-state index contributed by atoms with van der Waals surface area (Å²) >= 11 is 0. The molecule has 0 aliphatic heterocycles. The molecule has 1 aromatic heterocycles. The summed E-state index contributed by atoms with van der Waals surface area (Å²) in [4.78, 5) is 4.29. The van der Waals surface area contributed by atoms with Gasteiger partial charge in [0.25, 0.3) is 0 Å². The molecule has 1 heterocycles. The molecule has 0 radical (unpaired) electrons. The van der Waals surface area contributed by atoms with Crippen LogP contribution in [0.2, 0.25) is 0 Å². The summed E-state index contributed by atoms with van der Waals surface area (Å²) in [5.74, 6) is 0.534. The van der Waals surface area contributed by atoms with Crippen molar-refractivity contribution >= 4 is 16.6 Å². The molecule has 2 rings (SSSR count). The molecular formula is C16H19N3O. The Hall–Kier alpha value is -2.12. The number of para-hydroxylation sites is 1. The van der Waals surface area contributed by atoms with Crippen molar-refractivity contribution in [2.45, 2.75) is 13.8 Å². The first-order valence-electron chi connectivity index (χ1n) is 6.82. The summed E-state index contributed by atoms with van der Waals surface area (Å²) in [6.45, 7) is 6.30. The Morgan fingerprint density at radius 3 is 2.90 bits per heavy atom. The predicted molar refractivity (Wildman–Crippen MR) is 80.6 cm³/mol. The molecule has 20 heavy (non-hydrogen) atoms. The number of benzene rings is 1. The topological polar surface area (TPSA) is 57.9 Å². The average molecular weight is 269 g/mol. The van der Waals surface area contributed by atoms with Gasteiger partial charge < -0.3 is 10.1 Å². The average Bonchev–Trinajstić information content (AvgIpc) is 2.46. The van der Waals surface area contributed by atoms with E-state index < -0.39 is 0 Å². The minimum absolute atomic E-state index is 0.534. The summed E-state index contributed by atoms with van der Waals surface area (Å²) in [5.41, 5.74) is 2.29. The maximum absolute atomic E-state index is 9.19. The maximum Gasteiger partial charge on any atom is 0.103 e. The first-order valence-corrected chi connectivity index (χ1v) is 6.82. The van der Waals surface area contributed by atoms with E-state index in [1.54, 1.807) is 6.20 Å². The van der Waals surface area contributed by atoms with Gasteiger partial charge in [-0.05, 0) is 12.0 Å². The molecule has 0 saturated carbocycles. The van der Waals surface area contributed by atoms with Crippen molar-refractivity contribution in [1.29, 1.82) is 5.26 Å². The monoisotopic (exact) mass is 269 g/mol. The standard InChI is InChI=1S/C16H19N3O/c1-12(2)11-20-8-7-18-16-13(9-17)10-19-15-6-4-3-5-14(15)16/h3-6,10,12H,7-8,11H2,1-2H3,(H,18,19). The Morgan fingerprint density at radius 1 is 1.35 bits per heavy atom. The fraction of sp³-hybridized carbons (Fsp3) is 0.375.